The van der Waals surface area contributed by atoms with Crippen LogP contribution in [0.2, 0.25) is 5.02 Å². The number of aromatic nitrogens is 2. The number of hydrogen-bond donors (Lipinski definition) is 2. The van der Waals surface area contributed by atoms with Crippen LogP contribution in [-0.4, -0.2) is 21.4 Å². The first-order valence-electron chi connectivity index (χ1n) is 6.90. The zero-order valence-electron chi connectivity index (χ0n) is 12.7. The Morgan fingerprint density at radius 2 is 1.91 bits per heavy atom. The van der Waals surface area contributed by atoms with E-state index in [9.17, 15) is 9.59 Å². The van der Waals surface area contributed by atoms with Crippen LogP contribution >= 0.6 is 11.6 Å². The van der Waals surface area contributed by atoms with Crippen molar-refractivity contribution in [3.05, 3.63) is 51.4 Å². The lowest BCUT2D eigenvalue weighted by Gasteiger charge is -2.20. The minimum atomic E-state index is -0.333. The first-order chi connectivity index (χ1) is 10.2. The molecule has 1 amide bonds. The van der Waals surface area contributed by atoms with Gasteiger partial charge in [-0.2, -0.15) is 0 Å². The molecule has 22 heavy (non-hydrogen) atoms. The molecule has 2 aromatic rings. The number of nitrogens with zero attached hydrogens (tertiary/aromatic N) is 1. The Kier molecular flexibility index (Phi) is 4.66. The summed E-state index contributed by atoms with van der Waals surface area (Å²) < 4.78 is 0. The van der Waals surface area contributed by atoms with Crippen LogP contribution in [0.5, 0.6) is 0 Å². The van der Waals surface area contributed by atoms with E-state index < -0.39 is 0 Å². The number of benzene rings is 1. The van der Waals surface area contributed by atoms with E-state index in [0.717, 1.165) is 5.56 Å². The summed E-state index contributed by atoms with van der Waals surface area (Å²) in [5, 5.41) is 3.43. The minimum Gasteiger partial charge on any atom is -0.351 e. The van der Waals surface area contributed by atoms with Crippen molar-refractivity contribution >= 4 is 17.5 Å². The summed E-state index contributed by atoms with van der Waals surface area (Å²) in [6.07, 6.45) is 1.44. The fraction of sp³-hybridized carbons (Fsp3) is 0.312. The highest BCUT2D eigenvalue weighted by Gasteiger charge is 2.15. The van der Waals surface area contributed by atoms with Crippen molar-refractivity contribution in [3.63, 3.8) is 0 Å². The van der Waals surface area contributed by atoms with Gasteiger partial charge in [0.15, 0.2) is 0 Å². The number of rotatable bonds is 3. The van der Waals surface area contributed by atoms with Crippen LogP contribution in [0.25, 0.3) is 11.4 Å². The second-order valence-corrected chi connectivity index (χ2v) is 6.50. The summed E-state index contributed by atoms with van der Waals surface area (Å²) in [6, 6.07) is 6.99. The molecule has 1 heterocycles. The van der Waals surface area contributed by atoms with E-state index in [1.54, 1.807) is 24.3 Å². The molecular formula is C16H18ClN3O2. The number of carbonyl (C=O) groups excluding carboxylic acids is 1. The van der Waals surface area contributed by atoms with E-state index >= 15 is 0 Å². The topological polar surface area (TPSA) is 74.8 Å². The van der Waals surface area contributed by atoms with Gasteiger partial charge in [-0.3, -0.25) is 9.59 Å². The molecule has 2 rings (SSSR count). The molecule has 2 N–H and O–H groups in total. The Labute approximate surface area is 133 Å². The Bertz CT molecular complexity index is 730. The van der Waals surface area contributed by atoms with Crippen LogP contribution < -0.4 is 10.9 Å². The van der Waals surface area contributed by atoms with Crippen LogP contribution in [0, 0.1) is 0 Å². The average molecular weight is 320 g/mol. The monoisotopic (exact) mass is 319 g/mol. The lowest BCUT2D eigenvalue weighted by Crippen LogP contribution is -2.42. The van der Waals surface area contributed by atoms with Crippen LogP contribution in [0.1, 0.15) is 26.3 Å². The maximum atomic E-state index is 12.1. The molecule has 1 aromatic heterocycles. The van der Waals surface area contributed by atoms with E-state index in [-0.39, 0.29) is 23.4 Å². The molecule has 0 saturated heterocycles. The van der Waals surface area contributed by atoms with Crippen LogP contribution in [0.3, 0.4) is 0 Å². The van der Waals surface area contributed by atoms with Crippen LogP contribution in [-0.2, 0) is 11.2 Å². The predicted octanol–water partition coefficient (Wildman–Crippen LogP) is 2.55. The van der Waals surface area contributed by atoms with Gasteiger partial charge in [0.25, 0.3) is 5.56 Å². The van der Waals surface area contributed by atoms with Crippen LogP contribution in [0.15, 0.2) is 35.3 Å². The molecule has 0 radical (unpaired) electrons. The zero-order chi connectivity index (χ0) is 16.3. The average Bonchev–Trinajstić information content (AvgIpc) is 2.40. The second kappa shape index (κ2) is 6.32. The SMILES string of the molecule is CC(C)(C)NC(=O)Cc1cnc(-c2ccc(Cl)cc2)[nH]c1=O. The summed E-state index contributed by atoms with van der Waals surface area (Å²) in [5.74, 6) is 0.237. The number of H-pyrrole nitrogens is 1. The molecule has 0 bridgehead atoms. The van der Waals surface area contributed by atoms with Crippen molar-refractivity contribution in [1.29, 1.82) is 0 Å². The van der Waals surface area contributed by atoms with E-state index in [1.165, 1.54) is 6.20 Å². The van der Waals surface area contributed by atoms with Crippen molar-refractivity contribution in [3.8, 4) is 11.4 Å². The lowest BCUT2D eigenvalue weighted by molar-refractivity contribution is -0.121. The molecule has 0 aliphatic carbocycles. The maximum Gasteiger partial charge on any atom is 0.254 e. The molecule has 0 saturated carbocycles. The molecule has 5 nitrogen and oxygen atoms in total. The number of halogens is 1. The van der Waals surface area contributed by atoms with Gasteiger partial charge in [-0.1, -0.05) is 11.6 Å². The summed E-state index contributed by atoms with van der Waals surface area (Å²) >= 11 is 5.83. The number of nitrogens with one attached hydrogen (secondary N) is 2. The third-order valence-electron chi connectivity index (χ3n) is 2.86. The second-order valence-electron chi connectivity index (χ2n) is 6.07. The maximum absolute atomic E-state index is 12.1. The quantitative estimate of drug-likeness (QED) is 0.913. The van der Waals surface area contributed by atoms with E-state index in [0.29, 0.717) is 16.4 Å². The van der Waals surface area contributed by atoms with Crippen molar-refractivity contribution in [2.45, 2.75) is 32.7 Å². The van der Waals surface area contributed by atoms with Crippen molar-refractivity contribution < 1.29 is 4.79 Å². The fourth-order valence-electron chi connectivity index (χ4n) is 1.94. The third kappa shape index (κ3) is 4.43. The van der Waals surface area contributed by atoms with Crippen molar-refractivity contribution in [2.75, 3.05) is 0 Å². The molecule has 1 aromatic carbocycles. The number of aromatic amines is 1. The molecule has 0 aliphatic heterocycles. The Hall–Kier alpha value is -2.14. The molecule has 0 spiro atoms. The molecule has 0 atom stereocenters. The van der Waals surface area contributed by atoms with Gasteiger partial charge < -0.3 is 10.3 Å². The summed E-state index contributed by atoms with van der Waals surface area (Å²) in [5.41, 5.74) is 0.441. The first-order valence-corrected chi connectivity index (χ1v) is 7.27. The van der Waals surface area contributed by atoms with Crippen molar-refractivity contribution in [2.24, 2.45) is 0 Å². The van der Waals surface area contributed by atoms with Gasteiger partial charge in [-0.05, 0) is 45.0 Å². The van der Waals surface area contributed by atoms with Gasteiger partial charge in [0.2, 0.25) is 5.91 Å². The predicted molar refractivity (Wildman–Crippen MR) is 86.9 cm³/mol. The number of amides is 1. The van der Waals surface area contributed by atoms with E-state index in [1.807, 2.05) is 20.8 Å². The van der Waals surface area contributed by atoms with Gasteiger partial charge in [-0.25, -0.2) is 4.98 Å². The Balaban J connectivity index is 2.18. The Morgan fingerprint density at radius 1 is 1.27 bits per heavy atom. The summed E-state index contributed by atoms with van der Waals surface area (Å²) in [6.45, 7) is 5.66. The van der Waals surface area contributed by atoms with Crippen molar-refractivity contribution in [1.82, 2.24) is 15.3 Å². The van der Waals surface area contributed by atoms with Gasteiger partial charge in [0.1, 0.15) is 5.82 Å². The van der Waals surface area contributed by atoms with Crippen LogP contribution in [0.4, 0.5) is 0 Å². The number of carbonyl (C=O) groups is 1. The molecular weight excluding hydrogens is 302 g/mol. The highest BCUT2D eigenvalue weighted by molar-refractivity contribution is 6.30. The normalized spacial score (nSPS) is 11.3. The third-order valence-corrected chi connectivity index (χ3v) is 3.11. The molecule has 116 valence electrons. The standard InChI is InChI=1S/C16H18ClN3O2/c1-16(2,3)20-13(21)8-11-9-18-14(19-15(11)22)10-4-6-12(17)7-5-10/h4-7,9H,8H2,1-3H3,(H,20,21)(H,18,19,22). The highest BCUT2D eigenvalue weighted by Crippen LogP contribution is 2.16. The van der Waals surface area contributed by atoms with Gasteiger partial charge in [0.05, 0.1) is 6.42 Å². The largest absolute Gasteiger partial charge is 0.351 e. The van der Waals surface area contributed by atoms with Gasteiger partial charge in [0, 0.05) is 27.9 Å². The molecule has 0 fully saturated rings. The number of hydrogen-bond acceptors (Lipinski definition) is 3. The highest BCUT2D eigenvalue weighted by atomic mass is 35.5. The molecule has 0 aliphatic rings. The minimum absolute atomic E-state index is 0.000497. The summed E-state index contributed by atoms with van der Waals surface area (Å²) in [4.78, 5) is 30.8. The van der Waals surface area contributed by atoms with E-state index in [2.05, 4.69) is 15.3 Å². The lowest BCUT2D eigenvalue weighted by atomic mass is 10.1. The molecule has 6 heteroatoms. The smallest absolute Gasteiger partial charge is 0.254 e. The van der Waals surface area contributed by atoms with E-state index in [4.69, 9.17) is 11.6 Å². The Morgan fingerprint density at radius 3 is 2.45 bits per heavy atom. The zero-order valence-corrected chi connectivity index (χ0v) is 13.5. The fourth-order valence-corrected chi connectivity index (χ4v) is 2.06. The van der Waals surface area contributed by atoms with Gasteiger partial charge >= 0.3 is 0 Å². The first kappa shape index (κ1) is 16.2. The summed E-state index contributed by atoms with van der Waals surface area (Å²) in [7, 11) is 0. The van der Waals surface area contributed by atoms with Gasteiger partial charge in [-0.15, -0.1) is 0 Å². The molecule has 0 unspecified atom stereocenters.